The normalized spacial score (nSPS) is 16.4. The van der Waals surface area contributed by atoms with Crippen LogP contribution in [0.3, 0.4) is 0 Å². The second kappa shape index (κ2) is 7.29. The lowest BCUT2D eigenvalue weighted by atomic mass is 10.2. The molecule has 1 saturated heterocycles. The van der Waals surface area contributed by atoms with Crippen LogP contribution in [0, 0.1) is 17.1 Å². The lowest BCUT2D eigenvalue weighted by Crippen LogP contribution is -2.43. The fourth-order valence-electron chi connectivity index (χ4n) is 3.17. The quantitative estimate of drug-likeness (QED) is 0.751. The zero-order chi connectivity index (χ0) is 18.8. The summed E-state index contributed by atoms with van der Waals surface area (Å²) in [7, 11) is 0. The van der Waals surface area contributed by atoms with Crippen LogP contribution in [-0.4, -0.2) is 28.5 Å². The van der Waals surface area contributed by atoms with E-state index in [9.17, 15) is 9.18 Å². The van der Waals surface area contributed by atoms with E-state index in [1.165, 1.54) is 29.7 Å². The molecule has 3 heterocycles. The van der Waals surface area contributed by atoms with Crippen LogP contribution < -0.4 is 10.2 Å². The third-order valence-electron chi connectivity index (χ3n) is 4.55. The molecule has 136 valence electrons. The molecule has 0 radical (unpaired) electrons. The van der Waals surface area contributed by atoms with E-state index >= 15 is 0 Å². The van der Waals surface area contributed by atoms with E-state index < -0.39 is 0 Å². The lowest BCUT2D eigenvalue weighted by Gasteiger charge is -2.23. The van der Waals surface area contributed by atoms with Gasteiger partial charge in [-0.05, 0) is 36.6 Å². The average molecular weight is 381 g/mol. The highest BCUT2D eigenvalue weighted by atomic mass is 32.1. The number of hydrogen-bond acceptors (Lipinski definition) is 6. The van der Waals surface area contributed by atoms with E-state index in [-0.39, 0.29) is 17.8 Å². The number of pyridine rings is 1. The summed E-state index contributed by atoms with van der Waals surface area (Å²) in [5.74, 6) is -0.363. The van der Waals surface area contributed by atoms with Gasteiger partial charge in [-0.25, -0.2) is 9.37 Å². The van der Waals surface area contributed by atoms with Crippen molar-refractivity contribution in [3.05, 3.63) is 53.5 Å². The monoisotopic (exact) mass is 381 g/mol. The summed E-state index contributed by atoms with van der Waals surface area (Å²) in [5.41, 5.74) is 1.93. The zero-order valence-corrected chi connectivity index (χ0v) is 15.2. The van der Waals surface area contributed by atoms with Gasteiger partial charge in [0.25, 0.3) is 0 Å². The average Bonchev–Trinajstić information content (AvgIpc) is 3.33. The summed E-state index contributed by atoms with van der Waals surface area (Å²) in [6.07, 6.45) is 3.16. The molecule has 8 heteroatoms. The Balaban J connectivity index is 1.49. The van der Waals surface area contributed by atoms with E-state index in [1.54, 1.807) is 18.2 Å². The smallest absolute Gasteiger partial charge is 0.243 e. The van der Waals surface area contributed by atoms with Crippen molar-refractivity contribution in [2.45, 2.75) is 25.4 Å². The lowest BCUT2D eigenvalue weighted by molar-refractivity contribution is -0.122. The Hall–Kier alpha value is -3.05. The molecule has 1 N–H and O–H groups in total. The van der Waals surface area contributed by atoms with Crippen molar-refractivity contribution in [2.75, 3.05) is 11.4 Å². The van der Waals surface area contributed by atoms with Gasteiger partial charge in [0.05, 0.1) is 10.3 Å². The highest BCUT2D eigenvalue weighted by molar-refractivity contribution is 7.22. The van der Waals surface area contributed by atoms with Gasteiger partial charge in [-0.1, -0.05) is 23.5 Å². The molecule has 1 atom stereocenters. The first-order valence-electron chi connectivity index (χ1n) is 8.59. The van der Waals surface area contributed by atoms with E-state index in [0.717, 1.165) is 34.8 Å². The van der Waals surface area contributed by atoms with Gasteiger partial charge in [-0.15, -0.1) is 0 Å². The number of carbonyl (C=O) groups is 1. The van der Waals surface area contributed by atoms with E-state index in [2.05, 4.69) is 21.4 Å². The fraction of sp³-hybridized carbons (Fsp3) is 0.263. The van der Waals surface area contributed by atoms with Gasteiger partial charge in [0.1, 0.15) is 17.9 Å². The number of rotatable bonds is 4. The van der Waals surface area contributed by atoms with Crippen LogP contribution in [0.4, 0.5) is 9.52 Å². The maximum Gasteiger partial charge on any atom is 0.243 e. The summed E-state index contributed by atoms with van der Waals surface area (Å²) in [6.45, 7) is 1.11. The number of halogens is 1. The molecule has 0 spiro atoms. The van der Waals surface area contributed by atoms with Gasteiger partial charge in [0.15, 0.2) is 10.8 Å². The summed E-state index contributed by atoms with van der Waals surface area (Å²) in [6, 6.07) is 9.64. The van der Waals surface area contributed by atoms with E-state index in [0.29, 0.717) is 17.8 Å². The summed E-state index contributed by atoms with van der Waals surface area (Å²) < 4.78 is 13.8. The number of nitrogens with one attached hydrogen (secondary N) is 1. The first-order chi connectivity index (χ1) is 13.1. The molecule has 0 unspecified atom stereocenters. The molecule has 4 rings (SSSR count). The minimum absolute atomic E-state index is 0.0678. The van der Waals surface area contributed by atoms with Crippen LogP contribution in [-0.2, 0) is 11.3 Å². The minimum atomic E-state index is -0.295. The Morgan fingerprint density at radius 2 is 2.22 bits per heavy atom. The maximum atomic E-state index is 13.0. The van der Waals surface area contributed by atoms with Crippen molar-refractivity contribution in [3.8, 4) is 6.07 Å². The number of anilines is 1. The number of amides is 1. The predicted octanol–water partition coefficient (Wildman–Crippen LogP) is 2.99. The Morgan fingerprint density at radius 3 is 3.00 bits per heavy atom. The van der Waals surface area contributed by atoms with Gasteiger partial charge in [0, 0.05) is 19.3 Å². The van der Waals surface area contributed by atoms with Crippen LogP contribution in [0.5, 0.6) is 0 Å². The molecule has 3 aromatic rings. The van der Waals surface area contributed by atoms with Gasteiger partial charge >= 0.3 is 0 Å². The van der Waals surface area contributed by atoms with Crippen LogP contribution in [0.2, 0.25) is 0 Å². The van der Waals surface area contributed by atoms with Crippen LogP contribution in [0.25, 0.3) is 10.3 Å². The molecule has 0 saturated carbocycles. The molecule has 1 fully saturated rings. The largest absolute Gasteiger partial charge is 0.350 e. The number of thiazole rings is 1. The first kappa shape index (κ1) is 17.4. The highest BCUT2D eigenvalue weighted by Gasteiger charge is 2.32. The van der Waals surface area contributed by atoms with Crippen molar-refractivity contribution in [2.24, 2.45) is 0 Å². The topological polar surface area (TPSA) is 81.9 Å². The molecule has 6 nitrogen and oxygen atoms in total. The first-order valence-corrected chi connectivity index (χ1v) is 9.41. The number of carbonyl (C=O) groups excluding carboxylic acids is 1. The maximum absolute atomic E-state index is 13.0. The van der Waals surface area contributed by atoms with Crippen molar-refractivity contribution in [3.63, 3.8) is 0 Å². The molecule has 0 aliphatic carbocycles. The van der Waals surface area contributed by atoms with Gasteiger partial charge < -0.3 is 10.2 Å². The van der Waals surface area contributed by atoms with Crippen molar-refractivity contribution >= 4 is 32.7 Å². The molecule has 1 aliphatic heterocycles. The summed E-state index contributed by atoms with van der Waals surface area (Å²) in [4.78, 5) is 23.4. The van der Waals surface area contributed by atoms with Crippen molar-refractivity contribution in [1.29, 1.82) is 5.26 Å². The van der Waals surface area contributed by atoms with E-state index in [4.69, 9.17) is 5.26 Å². The molecular formula is C19H16FN5OS. The number of nitrogens with zero attached hydrogens (tertiary/aromatic N) is 4. The van der Waals surface area contributed by atoms with Crippen LogP contribution in [0.15, 0.2) is 36.5 Å². The molecule has 0 bridgehead atoms. The Bertz CT molecular complexity index is 1030. The van der Waals surface area contributed by atoms with Gasteiger partial charge in [-0.2, -0.15) is 10.2 Å². The highest BCUT2D eigenvalue weighted by Crippen LogP contribution is 2.33. The Morgan fingerprint density at radius 1 is 1.41 bits per heavy atom. The molecule has 2 aromatic heterocycles. The molecule has 27 heavy (non-hydrogen) atoms. The Kier molecular flexibility index (Phi) is 4.69. The van der Waals surface area contributed by atoms with Gasteiger partial charge in [-0.3, -0.25) is 4.79 Å². The summed E-state index contributed by atoms with van der Waals surface area (Å²) >= 11 is 1.44. The molecule has 1 amide bonds. The third-order valence-corrected chi connectivity index (χ3v) is 5.57. The minimum Gasteiger partial charge on any atom is -0.350 e. The Labute approximate surface area is 159 Å². The number of aromatic nitrogens is 2. The number of nitriles is 1. The van der Waals surface area contributed by atoms with E-state index in [1.807, 2.05) is 4.90 Å². The molecular weight excluding hydrogens is 365 g/mol. The van der Waals surface area contributed by atoms with Crippen molar-refractivity contribution in [1.82, 2.24) is 15.3 Å². The second-order valence-corrected chi connectivity index (χ2v) is 7.36. The van der Waals surface area contributed by atoms with Crippen LogP contribution >= 0.6 is 11.3 Å². The standard InChI is InChI=1S/C19H16FN5OS/c20-14-5-3-12(4-6-14)10-23-18(26)15-2-1-7-25(15)19-24-17-16(27-19)8-13(9-21)11-22-17/h3-6,8,11,15H,1-2,7,10H2,(H,23,26)/t15-/m1/s1. The van der Waals surface area contributed by atoms with Gasteiger partial charge in [0.2, 0.25) is 5.91 Å². The molecule has 1 aliphatic rings. The zero-order valence-electron chi connectivity index (χ0n) is 14.4. The summed E-state index contributed by atoms with van der Waals surface area (Å²) in [5, 5.41) is 12.7. The number of benzene rings is 1. The predicted molar refractivity (Wildman–Crippen MR) is 101 cm³/mol. The third kappa shape index (κ3) is 3.59. The SMILES string of the molecule is N#Cc1cnc2nc(N3CCC[C@@H]3C(=O)NCc3ccc(F)cc3)sc2c1. The second-order valence-electron chi connectivity index (χ2n) is 6.35. The molecule has 1 aromatic carbocycles. The van der Waals surface area contributed by atoms with Crippen LogP contribution in [0.1, 0.15) is 24.0 Å². The number of hydrogen-bond donors (Lipinski definition) is 1. The number of fused-ring (bicyclic) bond motifs is 1. The fourth-order valence-corrected chi connectivity index (χ4v) is 4.21. The van der Waals surface area contributed by atoms with Crippen molar-refractivity contribution < 1.29 is 9.18 Å².